The maximum Gasteiger partial charge on any atom is 0.227 e. The molecule has 0 spiro atoms. The zero-order valence-electron chi connectivity index (χ0n) is 12.0. The Labute approximate surface area is 123 Å². The Morgan fingerprint density at radius 3 is 2.60 bits per heavy atom. The van der Waals surface area contributed by atoms with Crippen LogP contribution in [0.3, 0.4) is 0 Å². The van der Waals surface area contributed by atoms with Gasteiger partial charge in [0.05, 0.1) is 5.69 Å². The Balaban J connectivity index is 2.13. The van der Waals surface area contributed by atoms with Gasteiger partial charge in [0.1, 0.15) is 0 Å². The molecule has 0 saturated heterocycles. The first-order chi connectivity index (χ1) is 9.60. The maximum absolute atomic E-state index is 11.7. The molecule has 1 heterocycles. The molecule has 0 saturated carbocycles. The van der Waals surface area contributed by atoms with E-state index in [1.165, 1.54) is 16.9 Å². The number of nitrogens with one attached hydrogen (secondary N) is 2. The van der Waals surface area contributed by atoms with Crippen molar-refractivity contribution in [1.82, 2.24) is 10.3 Å². The van der Waals surface area contributed by atoms with Gasteiger partial charge in [0.25, 0.3) is 0 Å². The number of aryl methyl sites for hydroxylation is 2. The van der Waals surface area contributed by atoms with E-state index in [9.17, 15) is 4.79 Å². The van der Waals surface area contributed by atoms with Gasteiger partial charge in [0.2, 0.25) is 5.91 Å². The van der Waals surface area contributed by atoms with Crippen molar-refractivity contribution in [2.24, 2.45) is 0 Å². The first-order valence-electron chi connectivity index (χ1n) is 6.59. The summed E-state index contributed by atoms with van der Waals surface area (Å²) in [6.45, 7) is 4.75. The fourth-order valence-corrected chi connectivity index (χ4v) is 2.70. The largest absolute Gasteiger partial charge is 0.319 e. The van der Waals surface area contributed by atoms with Crippen LogP contribution in [0.15, 0.2) is 24.3 Å². The van der Waals surface area contributed by atoms with Gasteiger partial charge in [-0.1, -0.05) is 29.8 Å². The van der Waals surface area contributed by atoms with E-state index in [1.54, 1.807) is 0 Å². The summed E-state index contributed by atoms with van der Waals surface area (Å²) in [6, 6.07) is 8.26. The number of aromatic nitrogens is 1. The average Bonchev–Trinajstić information content (AvgIpc) is 2.78. The van der Waals surface area contributed by atoms with Gasteiger partial charge < -0.3 is 10.6 Å². The van der Waals surface area contributed by atoms with Crippen molar-refractivity contribution in [2.75, 3.05) is 18.9 Å². The molecule has 1 aromatic carbocycles. The predicted octanol–water partition coefficient (Wildman–Crippen LogP) is 2.97. The molecule has 0 atom stereocenters. The summed E-state index contributed by atoms with van der Waals surface area (Å²) >= 11 is 1.51. The molecule has 1 aromatic heterocycles. The number of carbonyl (C=O) groups is 1. The van der Waals surface area contributed by atoms with Crippen LogP contribution in [0.4, 0.5) is 5.13 Å². The quantitative estimate of drug-likeness (QED) is 0.889. The Hall–Kier alpha value is -1.72. The van der Waals surface area contributed by atoms with E-state index >= 15 is 0 Å². The Morgan fingerprint density at radius 1 is 1.25 bits per heavy atom. The van der Waals surface area contributed by atoms with E-state index in [4.69, 9.17) is 0 Å². The SMILES string of the molecule is CNCCC(=O)Nc1nc(-c2ccc(C)cc2)c(C)s1. The summed E-state index contributed by atoms with van der Waals surface area (Å²) in [4.78, 5) is 17.3. The number of amides is 1. The fourth-order valence-electron chi connectivity index (χ4n) is 1.85. The Morgan fingerprint density at radius 2 is 1.95 bits per heavy atom. The molecule has 2 aromatic rings. The zero-order valence-corrected chi connectivity index (χ0v) is 12.8. The second-order valence-corrected chi connectivity index (χ2v) is 5.89. The van der Waals surface area contributed by atoms with Gasteiger partial charge in [0.15, 0.2) is 5.13 Å². The third-order valence-corrected chi connectivity index (χ3v) is 3.86. The molecule has 0 unspecified atom stereocenters. The van der Waals surface area contributed by atoms with Crippen molar-refractivity contribution in [3.05, 3.63) is 34.7 Å². The normalized spacial score (nSPS) is 10.6. The highest BCUT2D eigenvalue weighted by atomic mass is 32.1. The lowest BCUT2D eigenvalue weighted by Crippen LogP contribution is -2.18. The van der Waals surface area contributed by atoms with Gasteiger partial charge in [-0.2, -0.15) is 0 Å². The summed E-state index contributed by atoms with van der Waals surface area (Å²) in [5.41, 5.74) is 3.25. The molecule has 0 aliphatic carbocycles. The van der Waals surface area contributed by atoms with E-state index < -0.39 is 0 Å². The van der Waals surface area contributed by atoms with Crippen LogP contribution in [0.5, 0.6) is 0 Å². The van der Waals surface area contributed by atoms with Crippen molar-refractivity contribution in [3.63, 3.8) is 0 Å². The van der Waals surface area contributed by atoms with Crippen molar-refractivity contribution in [2.45, 2.75) is 20.3 Å². The molecular weight excluding hydrogens is 270 g/mol. The fraction of sp³-hybridized carbons (Fsp3) is 0.333. The average molecular weight is 289 g/mol. The minimum atomic E-state index is -0.0106. The molecule has 0 fully saturated rings. The van der Waals surface area contributed by atoms with Crippen molar-refractivity contribution < 1.29 is 4.79 Å². The van der Waals surface area contributed by atoms with Crippen LogP contribution in [-0.4, -0.2) is 24.5 Å². The number of benzene rings is 1. The van der Waals surface area contributed by atoms with Crippen LogP contribution in [0.2, 0.25) is 0 Å². The van der Waals surface area contributed by atoms with E-state index in [1.807, 2.05) is 14.0 Å². The van der Waals surface area contributed by atoms with Crippen LogP contribution in [0.25, 0.3) is 11.3 Å². The van der Waals surface area contributed by atoms with Gasteiger partial charge in [-0.05, 0) is 20.9 Å². The summed E-state index contributed by atoms with van der Waals surface area (Å²) < 4.78 is 0. The molecule has 2 rings (SSSR count). The number of anilines is 1. The molecule has 4 nitrogen and oxygen atoms in total. The van der Waals surface area contributed by atoms with Crippen molar-refractivity contribution in [3.8, 4) is 11.3 Å². The molecule has 20 heavy (non-hydrogen) atoms. The Bertz CT molecular complexity index is 590. The van der Waals surface area contributed by atoms with Crippen LogP contribution < -0.4 is 10.6 Å². The lowest BCUT2D eigenvalue weighted by molar-refractivity contribution is -0.116. The van der Waals surface area contributed by atoms with Crippen LogP contribution in [-0.2, 0) is 4.79 Å². The van der Waals surface area contributed by atoms with Crippen molar-refractivity contribution in [1.29, 1.82) is 0 Å². The molecular formula is C15H19N3OS. The summed E-state index contributed by atoms with van der Waals surface area (Å²) in [7, 11) is 1.83. The lowest BCUT2D eigenvalue weighted by atomic mass is 10.1. The second-order valence-electron chi connectivity index (χ2n) is 4.69. The second kappa shape index (κ2) is 6.63. The van der Waals surface area contributed by atoms with Gasteiger partial charge in [0, 0.05) is 23.4 Å². The molecule has 0 aliphatic heterocycles. The summed E-state index contributed by atoms with van der Waals surface area (Å²) in [5, 5.41) is 6.47. The first kappa shape index (κ1) is 14.7. The molecule has 5 heteroatoms. The summed E-state index contributed by atoms with van der Waals surface area (Å²) in [5.74, 6) is -0.0106. The standard InChI is InChI=1S/C15H19N3OS/c1-10-4-6-12(7-5-10)14-11(2)20-15(18-14)17-13(19)8-9-16-3/h4-7,16H,8-9H2,1-3H3,(H,17,18,19). The number of hydrogen-bond donors (Lipinski definition) is 2. The molecule has 0 aliphatic rings. The van der Waals surface area contributed by atoms with Crippen LogP contribution in [0.1, 0.15) is 16.9 Å². The van der Waals surface area contributed by atoms with Crippen molar-refractivity contribution >= 4 is 22.4 Å². The topological polar surface area (TPSA) is 54.0 Å². The van der Waals surface area contributed by atoms with Crippen LogP contribution >= 0.6 is 11.3 Å². The van der Waals surface area contributed by atoms with Gasteiger partial charge >= 0.3 is 0 Å². The van der Waals surface area contributed by atoms with Gasteiger partial charge in [-0.25, -0.2) is 4.98 Å². The summed E-state index contributed by atoms with van der Waals surface area (Å²) in [6.07, 6.45) is 0.453. The van der Waals surface area contributed by atoms with E-state index in [2.05, 4.69) is 46.8 Å². The number of nitrogens with zero attached hydrogens (tertiary/aromatic N) is 1. The highest BCUT2D eigenvalue weighted by Gasteiger charge is 2.11. The molecule has 106 valence electrons. The first-order valence-corrected chi connectivity index (χ1v) is 7.40. The zero-order chi connectivity index (χ0) is 14.5. The van der Waals surface area contributed by atoms with Gasteiger partial charge in [-0.15, -0.1) is 11.3 Å². The van der Waals surface area contributed by atoms with Gasteiger partial charge in [-0.3, -0.25) is 4.79 Å². The predicted molar refractivity (Wildman–Crippen MR) is 84.2 cm³/mol. The van der Waals surface area contributed by atoms with E-state index in [0.717, 1.165) is 16.1 Å². The van der Waals surface area contributed by atoms with E-state index in [0.29, 0.717) is 18.1 Å². The number of carbonyl (C=O) groups excluding carboxylic acids is 1. The highest BCUT2D eigenvalue weighted by Crippen LogP contribution is 2.30. The number of hydrogen-bond acceptors (Lipinski definition) is 4. The molecule has 1 amide bonds. The number of rotatable bonds is 5. The monoisotopic (exact) mass is 289 g/mol. The minimum absolute atomic E-state index is 0.0106. The smallest absolute Gasteiger partial charge is 0.227 e. The lowest BCUT2D eigenvalue weighted by Gasteiger charge is -2.01. The third kappa shape index (κ3) is 3.65. The minimum Gasteiger partial charge on any atom is -0.319 e. The van der Waals surface area contributed by atoms with Crippen LogP contribution in [0, 0.1) is 13.8 Å². The molecule has 0 bridgehead atoms. The highest BCUT2D eigenvalue weighted by molar-refractivity contribution is 7.16. The van der Waals surface area contributed by atoms with E-state index in [-0.39, 0.29) is 5.91 Å². The maximum atomic E-state index is 11.7. The third-order valence-electron chi connectivity index (χ3n) is 2.97. The number of thiazole rings is 1. The molecule has 2 N–H and O–H groups in total. The Kier molecular flexibility index (Phi) is 4.87. The molecule has 0 radical (unpaired) electrons.